The molecular weight excluding hydrogens is 314 g/mol. The van der Waals surface area contributed by atoms with Crippen molar-refractivity contribution in [2.45, 2.75) is 39.2 Å². The molecule has 5 heteroatoms. The van der Waals surface area contributed by atoms with E-state index in [2.05, 4.69) is 11.9 Å². The molecule has 3 heterocycles. The molecule has 0 N–H and O–H groups in total. The predicted octanol–water partition coefficient (Wildman–Crippen LogP) is 3.56. The van der Waals surface area contributed by atoms with Crippen LogP contribution in [0.25, 0.3) is 5.65 Å². The van der Waals surface area contributed by atoms with Crippen LogP contribution in [0.4, 0.5) is 0 Å². The number of pyridine rings is 1. The van der Waals surface area contributed by atoms with Crippen molar-refractivity contribution in [3.8, 4) is 0 Å². The third-order valence-corrected chi connectivity index (χ3v) is 5.04. The fourth-order valence-electron chi connectivity index (χ4n) is 3.30. The number of fused-ring (bicyclic) bond motifs is 1. The van der Waals surface area contributed by atoms with Crippen molar-refractivity contribution in [2.75, 3.05) is 7.05 Å². The zero-order chi connectivity index (χ0) is 17.6. The van der Waals surface area contributed by atoms with Crippen molar-refractivity contribution >= 4 is 11.6 Å². The van der Waals surface area contributed by atoms with E-state index in [0.717, 1.165) is 34.3 Å². The van der Waals surface area contributed by atoms with Crippen molar-refractivity contribution in [2.24, 2.45) is 5.92 Å². The smallest absolute Gasteiger partial charge is 0.228 e. The number of imidazole rings is 1. The van der Waals surface area contributed by atoms with E-state index in [0.29, 0.717) is 18.9 Å². The van der Waals surface area contributed by atoms with E-state index in [9.17, 15) is 4.79 Å². The maximum Gasteiger partial charge on any atom is 0.228 e. The fraction of sp³-hybridized carbons (Fsp3) is 0.400. The number of carbonyl (C=O) groups is 1. The summed E-state index contributed by atoms with van der Waals surface area (Å²) in [5.41, 5.74) is 2.80. The van der Waals surface area contributed by atoms with Crippen LogP contribution in [-0.2, 0) is 17.8 Å². The molecule has 0 aliphatic heterocycles. The predicted molar refractivity (Wildman–Crippen MR) is 95.3 cm³/mol. The van der Waals surface area contributed by atoms with E-state index in [1.54, 1.807) is 4.90 Å². The number of hydrogen-bond donors (Lipinski definition) is 0. The maximum absolute atomic E-state index is 12.5. The minimum Gasteiger partial charge on any atom is -0.464 e. The number of nitrogens with zero attached hydrogens (tertiary/aromatic N) is 3. The molecule has 1 fully saturated rings. The molecule has 1 aliphatic rings. The van der Waals surface area contributed by atoms with Gasteiger partial charge in [0.05, 0.1) is 18.7 Å². The van der Waals surface area contributed by atoms with Gasteiger partial charge in [-0.3, -0.25) is 4.79 Å². The Morgan fingerprint density at radius 1 is 1.40 bits per heavy atom. The molecule has 5 nitrogen and oxygen atoms in total. The number of furan rings is 1. The summed E-state index contributed by atoms with van der Waals surface area (Å²) in [6, 6.07) is 8.04. The van der Waals surface area contributed by atoms with Crippen molar-refractivity contribution in [1.29, 1.82) is 0 Å². The first-order chi connectivity index (χ1) is 12.0. The molecule has 3 aromatic rings. The van der Waals surface area contributed by atoms with Gasteiger partial charge in [-0.05, 0) is 43.0 Å². The van der Waals surface area contributed by atoms with Crippen LogP contribution in [-0.4, -0.2) is 27.2 Å². The van der Waals surface area contributed by atoms with Gasteiger partial charge in [0.15, 0.2) is 0 Å². The largest absolute Gasteiger partial charge is 0.464 e. The van der Waals surface area contributed by atoms with Gasteiger partial charge in [-0.2, -0.15) is 0 Å². The Hall–Kier alpha value is -2.56. The van der Waals surface area contributed by atoms with E-state index in [-0.39, 0.29) is 5.91 Å². The molecule has 4 rings (SSSR count). The quantitative estimate of drug-likeness (QED) is 0.715. The van der Waals surface area contributed by atoms with Crippen molar-refractivity contribution < 1.29 is 9.21 Å². The molecule has 1 amide bonds. The number of amides is 1. The maximum atomic E-state index is 12.5. The fourth-order valence-corrected chi connectivity index (χ4v) is 3.30. The highest BCUT2D eigenvalue weighted by Gasteiger charge is 2.36. The minimum atomic E-state index is 0.0406. The lowest BCUT2D eigenvalue weighted by atomic mass is 10.2. The molecule has 2 unspecified atom stereocenters. The molecule has 0 spiro atoms. The molecule has 0 radical (unpaired) electrons. The first-order valence-electron chi connectivity index (χ1n) is 8.77. The first kappa shape index (κ1) is 15.9. The summed E-state index contributed by atoms with van der Waals surface area (Å²) in [5.74, 6) is 3.22. The summed E-state index contributed by atoms with van der Waals surface area (Å²) in [4.78, 5) is 18.8. The average Bonchev–Trinajstić information content (AvgIpc) is 2.98. The Kier molecular flexibility index (Phi) is 3.86. The second-order valence-corrected chi connectivity index (χ2v) is 7.20. The van der Waals surface area contributed by atoms with Crippen LogP contribution in [0.3, 0.4) is 0 Å². The minimum absolute atomic E-state index is 0.0406. The molecule has 0 aromatic carbocycles. The number of hydrogen-bond acceptors (Lipinski definition) is 3. The number of carbonyl (C=O) groups excluding carboxylic acids is 1. The Labute approximate surface area is 147 Å². The molecule has 1 saturated carbocycles. The van der Waals surface area contributed by atoms with Gasteiger partial charge >= 0.3 is 0 Å². The Morgan fingerprint density at radius 3 is 2.92 bits per heavy atom. The number of aryl methyl sites for hydroxylation is 1. The van der Waals surface area contributed by atoms with Gasteiger partial charge in [-0.25, -0.2) is 4.98 Å². The van der Waals surface area contributed by atoms with Crippen LogP contribution in [0.1, 0.15) is 42.0 Å². The highest BCUT2D eigenvalue weighted by atomic mass is 16.3. The number of likely N-dealkylation sites (N-methyl/N-ethyl adjacent to an activating group) is 1. The second-order valence-electron chi connectivity index (χ2n) is 7.20. The number of rotatable bonds is 5. The van der Waals surface area contributed by atoms with Crippen LogP contribution in [0.2, 0.25) is 0 Å². The van der Waals surface area contributed by atoms with Crippen LogP contribution in [0.5, 0.6) is 0 Å². The molecule has 3 aromatic heterocycles. The third-order valence-electron chi connectivity index (χ3n) is 5.04. The van der Waals surface area contributed by atoms with E-state index in [1.807, 2.05) is 55.0 Å². The molecule has 25 heavy (non-hydrogen) atoms. The summed E-state index contributed by atoms with van der Waals surface area (Å²) < 4.78 is 7.86. The van der Waals surface area contributed by atoms with Gasteiger partial charge in [0.1, 0.15) is 17.2 Å². The molecule has 0 saturated heterocycles. The van der Waals surface area contributed by atoms with Gasteiger partial charge < -0.3 is 13.7 Å². The second kappa shape index (κ2) is 6.06. The van der Waals surface area contributed by atoms with Crippen LogP contribution in [0, 0.1) is 12.8 Å². The molecule has 2 atom stereocenters. The Balaban J connectivity index is 1.41. The summed E-state index contributed by atoms with van der Waals surface area (Å²) >= 11 is 0. The van der Waals surface area contributed by atoms with Crippen LogP contribution < -0.4 is 0 Å². The number of aromatic nitrogens is 2. The summed E-state index contributed by atoms with van der Waals surface area (Å²) in [6.07, 6.45) is 5.38. The van der Waals surface area contributed by atoms with E-state index in [4.69, 9.17) is 4.42 Å². The van der Waals surface area contributed by atoms with Crippen LogP contribution in [0.15, 0.2) is 41.1 Å². The zero-order valence-electron chi connectivity index (χ0n) is 14.9. The van der Waals surface area contributed by atoms with Gasteiger partial charge in [-0.15, -0.1) is 0 Å². The SMILES string of the molecule is Cc1cccn2cc(CC(=O)N(C)Cc3ccc(C4CC4C)o3)nc12. The average molecular weight is 337 g/mol. The third kappa shape index (κ3) is 3.18. The Bertz CT molecular complexity index is 924. The van der Waals surface area contributed by atoms with Crippen molar-refractivity contribution in [3.05, 3.63) is 59.4 Å². The summed E-state index contributed by atoms with van der Waals surface area (Å²) in [5, 5.41) is 0. The van der Waals surface area contributed by atoms with Gasteiger partial charge in [0.25, 0.3) is 0 Å². The van der Waals surface area contributed by atoms with E-state index < -0.39 is 0 Å². The monoisotopic (exact) mass is 337 g/mol. The normalized spacial score (nSPS) is 19.3. The van der Waals surface area contributed by atoms with E-state index >= 15 is 0 Å². The van der Waals surface area contributed by atoms with Gasteiger partial charge in [0.2, 0.25) is 5.91 Å². The highest BCUT2D eigenvalue weighted by molar-refractivity contribution is 5.78. The van der Waals surface area contributed by atoms with Crippen molar-refractivity contribution in [1.82, 2.24) is 14.3 Å². The molecule has 1 aliphatic carbocycles. The Morgan fingerprint density at radius 2 is 2.20 bits per heavy atom. The van der Waals surface area contributed by atoms with Gasteiger partial charge in [0, 0.05) is 25.4 Å². The van der Waals surface area contributed by atoms with Crippen LogP contribution >= 0.6 is 0 Å². The highest BCUT2D eigenvalue weighted by Crippen LogP contribution is 2.47. The molecular formula is C20H23N3O2. The van der Waals surface area contributed by atoms with Crippen molar-refractivity contribution in [3.63, 3.8) is 0 Å². The first-order valence-corrected chi connectivity index (χ1v) is 8.77. The summed E-state index contributed by atoms with van der Waals surface area (Å²) in [6.45, 7) is 4.75. The molecule has 130 valence electrons. The topological polar surface area (TPSA) is 50.8 Å². The van der Waals surface area contributed by atoms with E-state index in [1.165, 1.54) is 6.42 Å². The molecule has 0 bridgehead atoms. The standard InChI is InChI=1S/C20H23N3O2/c1-13-5-4-8-23-11-15(21-20(13)23)10-19(24)22(3)12-16-6-7-18(25-16)17-9-14(17)2/h4-8,11,14,17H,9-10,12H2,1-3H3. The summed E-state index contributed by atoms with van der Waals surface area (Å²) in [7, 11) is 1.81. The zero-order valence-corrected chi connectivity index (χ0v) is 14.9. The lowest BCUT2D eigenvalue weighted by molar-refractivity contribution is -0.130. The van der Waals surface area contributed by atoms with Gasteiger partial charge in [-0.1, -0.05) is 13.0 Å². The lowest BCUT2D eigenvalue weighted by Gasteiger charge is -2.14. The lowest BCUT2D eigenvalue weighted by Crippen LogP contribution is -2.27.